The number of carbonyl (C=O) groups is 1. The molecule has 1 heterocycles. The maximum absolute atomic E-state index is 12.1. The molecular weight excluding hydrogens is 383 g/mol. The van der Waals surface area contributed by atoms with Crippen molar-refractivity contribution in [1.82, 2.24) is 15.1 Å². The minimum absolute atomic E-state index is 0. The summed E-state index contributed by atoms with van der Waals surface area (Å²) in [6.45, 7) is 11.8. The molecule has 1 amide bonds. The minimum atomic E-state index is -0.0463. The van der Waals surface area contributed by atoms with Crippen LogP contribution in [0.25, 0.3) is 0 Å². The van der Waals surface area contributed by atoms with Gasteiger partial charge >= 0.3 is 0 Å². The van der Waals surface area contributed by atoms with E-state index >= 15 is 0 Å². The van der Waals surface area contributed by atoms with E-state index in [0.29, 0.717) is 23.7 Å². The Morgan fingerprint density at radius 1 is 1.16 bits per heavy atom. The van der Waals surface area contributed by atoms with Crippen LogP contribution in [-0.4, -0.2) is 61.5 Å². The Morgan fingerprint density at radius 3 is 2.32 bits per heavy atom. The highest BCUT2D eigenvalue weighted by atomic mass is 35.5. The number of likely N-dealkylation sites (N-methyl/N-ethyl adjacent to an activating group) is 1. The van der Waals surface area contributed by atoms with Gasteiger partial charge in [0.05, 0.1) is 0 Å². The van der Waals surface area contributed by atoms with Crippen LogP contribution in [0.1, 0.15) is 24.2 Å². The first-order valence-corrected chi connectivity index (χ1v) is 8.17. The highest BCUT2D eigenvalue weighted by molar-refractivity contribution is 5.94. The maximum atomic E-state index is 12.1. The molecule has 1 aliphatic rings. The Hall–Kier alpha value is -0.720. The van der Waals surface area contributed by atoms with Crippen molar-refractivity contribution in [3.8, 4) is 0 Å². The lowest BCUT2D eigenvalue weighted by molar-refractivity contribution is 0.0933. The summed E-state index contributed by atoms with van der Waals surface area (Å²) in [7, 11) is 0. The Bertz CT molecular complexity index is 497. The summed E-state index contributed by atoms with van der Waals surface area (Å²) in [5, 5.41) is 3.00. The number of halogens is 3. The zero-order valence-electron chi connectivity index (χ0n) is 14.9. The number of hydrogen-bond donors (Lipinski definition) is 2. The molecule has 5 nitrogen and oxygen atoms in total. The number of nitrogen functional groups attached to an aromatic ring is 1. The first-order valence-electron chi connectivity index (χ1n) is 8.17. The fraction of sp³-hybridized carbons (Fsp3) is 0.588. The van der Waals surface area contributed by atoms with Crippen molar-refractivity contribution in [3.63, 3.8) is 0 Å². The van der Waals surface area contributed by atoms with Crippen LogP contribution in [0.4, 0.5) is 5.69 Å². The summed E-state index contributed by atoms with van der Waals surface area (Å²) >= 11 is 0. The summed E-state index contributed by atoms with van der Waals surface area (Å²) in [6, 6.07) is 7.10. The number of nitrogens with two attached hydrogens (primary N) is 1. The highest BCUT2D eigenvalue weighted by Crippen LogP contribution is 2.08. The van der Waals surface area contributed by atoms with Gasteiger partial charge in [-0.25, -0.2) is 0 Å². The summed E-state index contributed by atoms with van der Waals surface area (Å²) in [4.78, 5) is 17.1. The topological polar surface area (TPSA) is 61.6 Å². The smallest absolute Gasteiger partial charge is 0.251 e. The molecule has 25 heavy (non-hydrogen) atoms. The van der Waals surface area contributed by atoms with Crippen LogP contribution in [0.5, 0.6) is 0 Å². The second-order valence-electron chi connectivity index (χ2n) is 6.18. The first-order chi connectivity index (χ1) is 10.6. The van der Waals surface area contributed by atoms with Gasteiger partial charge in [0.1, 0.15) is 0 Å². The van der Waals surface area contributed by atoms with Crippen molar-refractivity contribution in [2.75, 3.05) is 51.5 Å². The highest BCUT2D eigenvalue weighted by Gasteiger charge is 2.17. The van der Waals surface area contributed by atoms with E-state index in [1.54, 1.807) is 24.3 Å². The molecule has 146 valence electrons. The molecule has 0 saturated carbocycles. The standard InChI is InChI=1S/C17H28N4O.3ClH/c1-3-20-7-9-21(10-8-20)13-14(2)12-19-17(22)15-5-4-6-16(18)11-15;;;/h4-6,11,14H,3,7-10,12-13,18H2,1-2H3,(H,19,22);3*1H. The van der Waals surface area contributed by atoms with Gasteiger partial charge in [-0.3, -0.25) is 4.79 Å². The third-order valence-corrected chi connectivity index (χ3v) is 4.24. The molecule has 1 aromatic carbocycles. The number of rotatable bonds is 6. The molecular formula is C17H31Cl3N4O. The molecule has 1 unspecified atom stereocenters. The van der Waals surface area contributed by atoms with Gasteiger partial charge in [-0.05, 0) is 30.7 Å². The fourth-order valence-electron chi connectivity index (χ4n) is 2.84. The van der Waals surface area contributed by atoms with Gasteiger partial charge in [-0.15, -0.1) is 37.2 Å². The lowest BCUT2D eigenvalue weighted by atomic mass is 10.1. The van der Waals surface area contributed by atoms with E-state index in [2.05, 4.69) is 29.0 Å². The van der Waals surface area contributed by atoms with Crippen molar-refractivity contribution < 1.29 is 4.79 Å². The molecule has 1 fully saturated rings. The number of nitrogens with one attached hydrogen (secondary N) is 1. The van der Waals surface area contributed by atoms with Crippen molar-refractivity contribution >= 4 is 48.8 Å². The third kappa shape index (κ3) is 8.97. The summed E-state index contributed by atoms with van der Waals surface area (Å²) in [5.74, 6) is 0.396. The molecule has 1 atom stereocenters. The fourth-order valence-corrected chi connectivity index (χ4v) is 2.84. The lowest BCUT2D eigenvalue weighted by Gasteiger charge is -2.35. The molecule has 0 spiro atoms. The van der Waals surface area contributed by atoms with E-state index in [4.69, 9.17) is 5.73 Å². The Balaban J connectivity index is 0. The molecule has 8 heteroatoms. The SMILES string of the molecule is CCN1CCN(CC(C)CNC(=O)c2cccc(N)c2)CC1.Cl.Cl.Cl. The summed E-state index contributed by atoms with van der Waals surface area (Å²) < 4.78 is 0. The first kappa shape index (κ1) is 26.5. The van der Waals surface area contributed by atoms with Gasteiger partial charge in [-0.2, -0.15) is 0 Å². The number of hydrogen-bond acceptors (Lipinski definition) is 4. The van der Waals surface area contributed by atoms with Crippen molar-refractivity contribution in [2.24, 2.45) is 5.92 Å². The van der Waals surface area contributed by atoms with E-state index in [1.807, 2.05) is 0 Å². The predicted molar refractivity (Wildman–Crippen MR) is 113 cm³/mol. The average Bonchev–Trinajstić information content (AvgIpc) is 2.53. The quantitative estimate of drug-likeness (QED) is 0.704. The second kappa shape index (κ2) is 13.5. The van der Waals surface area contributed by atoms with Crippen molar-refractivity contribution in [3.05, 3.63) is 29.8 Å². The van der Waals surface area contributed by atoms with E-state index in [9.17, 15) is 4.79 Å². The minimum Gasteiger partial charge on any atom is -0.399 e. The van der Waals surface area contributed by atoms with Gasteiger partial charge in [0.2, 0.25) is 0 Å². The van der Waals surface area contributed by atoms with Gasteiger partial charge in [0.15, 0.2) is 0 Å². The molecule has 0 aromatic heterocycles. The van der Waals surface area contributed by atoms with Gasteiger partial charge in [0.25, 0.3) is 5.91 Å². The monoisotopic (exact) mass is 412 g/mol. The second-order valence-corrected chi connectivity index (χ2v) is 6.18. The van der Waals surface area contributed by atoms with E-state index < -0.39 is 0 Å². The number of anilines is 1. The number of piperazine rings is 1. The van der Waals surface area contributed by atoms with E-state index in [1.165, 1.54) is 0 Å². The molecule has 2 rings (SSSR count). The molecule has 1 saturated heterocycles. The Labute approximate surface area is 169 Å². The van der Waals surface area contributed by atoms with Crippen LogP contribution in [-0.2, 0) is 0 Å². The van der Waals surface area contributed by atoms with Crippen LogP contribution in [0.3, 0.4) is 0 Å². The predicted octanol–water partition coefficient (Wildman–Crippen LogP) is 2.54. The zero-order chi connectivity index (χ0) is 15.9. The van der Waals surface area contributed by atoms with Crippen LogP contribution >= 0.6 is 37.2 Å². The van der Waals surface area contributed by atoms with Gasteiger partial charge in [0, 0.05) is 50.5 Å². The normalized spacial score (nSPS) is 15.9. The van der Waals surface area contributed by atoms with E-state index in [-0.39, 0.29) is 43.1 Å². The third-order valence-electron chi connectivity index (χ3n) is 4.24. The van der Waals surface area contributed by atoms with Crippen LogP contribution in [0.2, 0.25) is 0 Å². The Kier molecular flexibility index (Phi) is 14.3. The molecule has 0 aliphatic carbocycles. The van der Waals surface area contributed by atoms with Crippen molar-refractivity contribution in [1.29, 1.82) is 0 Å². The number of nitrogens with zero attached hydrogens (tertiary/aromatic N) is 2. The number of carbonyl (C=O) groups excluding carboxylic acids is 1. The lowest BCUT2D eigenvalue weighted by Crippen LogP contribution is -2.48. The Morgan fingerprint density at radius 2 is 1.76 bits per heavy atom. The van der Waals surface area contributed by atoms with Crippen LogP contribution in [0, 0.1) is 5.92 Å². The summed E-state index contributed by atoms with van der Waals surface area (Å²) in [6.07, 6.45) is 0. The van der Waals surface area contributed by atoms with Gasteiger partial charge < -0.3 is 20.9 Å². The van der Waals surface area contributed by atoms with Crippen molar-refractivity contribution in [2.45, 2.75) is 13.8 Å². The largest absolute Gasteiger partial charge is 0.399 e. The zero-order valence-corrected chi connectivity index (χ0v) is 17.4. The molecule has 3 N–H and O–H groups in total. The molecule has 1 aliphatic heterocycles. The maximum Gasteiger partial charge on any atom is 0.251 e. The van der Waals surface area contributed by atoms with Crippen LogP contribution in [0.15, 0.2) is 24.3 Å². The summed E-state index contributed by atoms with van der Waals surface area (Å²) in [5.41, 5.74) is 6.96. The number of benzene rings is 1. The molecule has 0 radical (unpaired) electrons. The molecule has 1 aromatic rings. The number of amides is 1. The average molecular weight is 414 g/mol. The van der Waals surface area contributed by atoms with E-state index in [0.717, 1.165) is 39.3 Å². The van der Waals surface area contributed by atoms with Crippen LogP contribution < -0.4 is 11.1 Å². The van der Waals surface area contributed by atoms with Gasteiger partial charge in [-0.1, -0.05) is 19.9 Å². The molecule has 0 bridgehead atoms.